The van der Waals surface area contributed by atoms with E-state index in [2.05, 4.69) is 0 Å². The van der Waals surface area contributed by atoms with E-state index >= 15 is 0 Å². The standard InChI is InChI=1S/C11H12O3/c12-10(13)6-8-5-7-3-1-2-4-9(7)11(8)14/h1-4,8,11,14H,5-6H2,(H,12,13). The zero-order valence-corrected chi connectivity index (χ0v) is 7.68. The third-order valence-electron chi connectivity index (χ3n) is 2.74. The first-order valence-electron chi connectivity index (χ1n) is 4.66. The number of carboxylic acids is 1. The van der Waals surface area contributed by atoms with Crippen molar-refractivity contribution in [1.29, 1.82) is 0 Å². The average molecular weight is 192 g/mol. The van der Waals surface area contributed by atoms with Gasteiger partial charge in [0, 0.05) is 5.92 Å². The van der Waals surface area contributed by atoms with E-state index in [0.717, 1.165) is 11.1 Å². The lowest BCUT2D eigenvalue weighted by Crippen LogP contribution is -2.12. The van der Waals surface area contributed by atoms with Crippen molar-refractivity contribution in [3.63, 3.8) is 0 Å². The lowest BCUT2D eigenvalue weighted by atomic mass is 10.00. The summed E-state index contributed by atoms with van der Waals surface area (Å²) in [5, 5.41) is 18.5. The van der Waals surface area contributed by atoms with E-state index in [0.29, 0.717) is 6.42 Å². The fourth-order valence-electron chi connectivity index (χ4n) is 2.06. The second-order valence-electron chi connectivity index (χ2n) is 3.71. The second-order valence-corrected chi connectivity index (χ2v) is 3.71. The second kappa shape index (κ2) is 3.42. The van der Waals surface area contributed by atoms with Gasteiger partial charge in [-0.05, 0) is 17.5 Å². The predicted molar refractivity (Wildman–Crippen MR) is 50.8 cm³/mol. The minimum absolute atomic E-state index is 0.0375. The van der Waals surface area contributed by atoms with Gasteiger partial charge in [0.1, 0.15) is 0 Å². The monoisotopic (exact) mass is 192 g/mol. The lowest BCUT2D eigenvalue weighted by molar-refractivity contribution is -0.139. The van der Waals surface area contributed by atoms with Gasteiger partial charge in [0.05, 0.1) is 12.5 Å². The van der Waals surface area contributed by atoms with Crippen molar-refractivity contribution < 1.29 is 15.0 Å². The van der Waals surface area contributed by atoms with Gasteiger partial charge >= 0.3 is 5.97 Å². The summed E-state index contributed by atoms with van der Waals surface area (Å²) in [6, 6.07) is 7.59. The van der Waals surface area contributed by atoms with Crippen molar-refractivity contribution in [1.82, 2.24) is 0 Å². The van der Waals surface area contributed by atoms with E-state index in [1.807, 2.05) is 24.3 Å². The van der Waals surface area contributed by atoms with Crippen LogP contribution in [0.3, 0.4) is 0 Å². The van der Waals surface area contributed by atoms with Crippen LogP contribution in [0.2, 0.25) is 0 Å². The summed E-state index contributed by atoms with van der Waals surface area (Å²) >= 11 is 0. The summed E-state index contributed by atoms with van der Waals surface area (Å²) in [4.78, 5) is 10.5. The number of aliphatic carboxylic acids is 1. The number of carboxylic acid groups (broad SMARTS) is 1. The number of rotatable bonds is 2. The van der Waals surface area contributed by atoms with Crippen LogP contribution in [0.4, 0.5) is 0 Å². The van der Waals surface area contributed by atoms with Crippen LogP contribution < -0.4 is 0 Å². The van der Waals surface area contributed by atoms with Gasteiger partial charge in [-0.15, -0.1) is 0 Å². The maximum atomic E-state index is 10.5. The highest BCUT2D eigenvalue weighted by Crippen LogP contribution is 2.37. The van der Waals surface area contributed by atoms with Crippen LogP contribution >= 0.6 is 0 Å². The van der Waals surface area contributed by atoms with Crippen molar-refractivity contribution in [3.05, 3.63) is 35.4 Å². The molecule has 0 amide bonds. The Bertz CT molecular complexity index is 359. The third kappa shape index (κ3) is 1.51. The highest BCUT2D eigenvalue weighted by molar-refractivity contribution is 5.67. The van der Waals surface area contributed by atoms with Crippen LogP contribution in [-0.4, -0.2) is 16.2 Å². The summed E-state index contributed by atoms with van der Waals surface area (Å²) < 4.78 is 0. The molecule has 2 N–H and O–H groups in total. The molecule has 2 atom stereocenters. The zero-order chi connectivity index (χ0) is 10.1. The molecule has 1 aromatic carbocycles. The van der Waals surface area contributed by atoms with Crippen LogP contribution in [0.15, 0.2) is 24.3 Å². The fourth-order valence-corrected chi connectivity index (χ4v) is 2.06. The number of hydrogen-bond acceptors (Lipinski definition) is 2. The molecule has 1 aromatic rings. The van der Waals surface area contributed by atoms with Crippen LogP contribution in [-0.2, 0) is 11.2 Å². The Kier molecular flexibility index (Phi) is 2.25. The van der Waals surface area contributed by atoms with E-state index < -0.39 is 12.1 Å². The molecular weight excluding hydrogens is 180 g/mol. The number of aliphatic hydroxyl groups excluding tert-OH is 1. The van der Waals surface area contributed by atoms with Crippen LogP contribution in [0, 0.1) is 5.92 Å². The number of aliphatic hydroxyl groups is 1. The van der Waals surface area contributed by atoms with E-state index in [1.165, 1.54) is 0 Å². The Balaban J connectivity index is 2.21. The highest BCUT2D eigenvalue weighted by Gasteiger charge is 2.31. The molecular formula is C11H12O3. The van der Waals surface area contributed by atoms with Gasteiger partial charge in [0.25, 0.3) is 0 Å². The van der Waals surface area contributed by atoms with E-state index in [9.17, 15) is 9.90 Å². The molecule has 2 rings (SSSR count). The Hall–Kier alpha value is -1.35. The van der Waals surface area contributed by atoms with Crippen LogP contribution in [0.25, 0.3) is 0 Å². The maximum absolute atomic E-state index is 10.5. The molecule has 74 valence electrons. The van der Waals surface area contributed by atoms with E-state index in [1.54, 1.807) is 0 Å². The predicted octanol–water partition coefficient (Wildman–Crippen LogP) is 1.37. The highest BCUT2D eigenvalue weighted by atomic mass is 16.4. The van der Waals surface area contributed by atoms with Crippen molar-refractivity contribution in [2.75, 3.05) is 0 Å². The zero-order valence-electron chi connectivity index (χ0n) is 7.68. The van der Waals surface area contributed by atoms with Crippen LogP contribution in [0.5, 0.6) is 0 Å². The van der Waals surface area contributed by atoms with Crippen LogP contribution in [0.1, 0.15) is 23.7 Å². The molecule has 0 aliphatic heterocycles. The minimum atomic E-state index is -0.846. The molecule has 3 heteroatoms. The van der Waals surface area contributed by atoms with Gasteiger partial charge < -0.3 is 10.2 Å². The largest absolute Gasteiger partial charge is 0.481 e. The molecule has 0 saturated heterocycles. The van der Waals surface area contributed by atoms with Crippen molar-refractivity contribution in [2.24, 2.45) is 5.92 Å². The number of hydrogen-bond donors (Lipinski definition) is 2. The molecule has 1 aliphatic carbocycles. The van der Waals surface area contributed by atoms with Gasteiger partial charge in [-0.1, -0.05) is 24.3 Å². The smallest absolute Gasteiger partial charge is 0.303 e. The first-order chi connectivity index (χ1) is 6.68. The van der Waals surface area contributed by atoms with Gasteiger partial charge in [0.2, 0.25) is 0 Å². The Morgan fingerprint density at radius 3 is 2.79 bits per heavy atom. The maximum Gasteiger partial charge on any atom is 0.303 e. The molecule has 0 fully saturated rings. The van der Waals surface area contributed by atoms with Crippen molar-refractivity contribution in [3.8, 4) is 0 Å². The van der Waals surface area contributed by atoms with Gasteiger partial charge in [-0.3, -0.25) is 4.79 Å². The summed E-state index contributed by atoms with van der Waals surface area (Å²) in [5.74, 6) is -1.01. The first kappa shape index (κ1) is 9.21. The molecule has 0 radical (unpaired) electrons. The van der Waals surface area contributed by atoms with E-state index in [4.69, 9.17) is 5.11 Å². The number of fused-ring (bicyclic) bond motifs is 1. The molecule has 14 heavy (non-hydrogen) atoms. The van der Waals surface area contributed by atoms with Crippen molar-refractivity contribution >= 4 is 5.97 Å². The quantitative estimate of drug-likeness (QED) is 0.744. The van der Waals surface area contributed by atoms with Gasteiger partial charge in [-0.2, -0.15) is 0 Å². The summed E-state index contributed by atoms with van der Waals surface area (Å²) in [6.45, 7) is 0. The van der Waals surface area contributed by atoms with Gasteiger partial charge in [0.15, 0.2) is 0 Å². The molecule has 0 heterocycles. The first-order valence-corrected chi connectivity index (χ1v) is 4.66. The summed E-state index contributed by atoms with van der Waals surface area (Å²) in [5.41, 5.74) is 1.96. The third-order valence-corrected chi connectivity index (χ3v) is 2.74. The SMILES string of the molecule is O=C(O)CC1Cc2ccccc2C1O. The van der Waals surface area contributed by atoms with E-state index in [-0.39, 0.29) is 12.3 Å². The van der Waals surface area contributed by atoms with Crippen molar-refractivity contribution in [2.45, 2.75) is 18.9 Å². The number of benzene rings is 1. The molecule has 0 saturated carbocycles. The molecule has 1 aliphatic rings. The Labute approximate surface area is 82.0 Å². The van der Waals surface area contributed by atoms with Gasteiger partial charge in [-0.25, -0.2) is 0 Å². The average Bonchev–Trinajstić information content (AvgIpc) is 2.44. The molecule has 0 aromatic heterocycles. The fraction of sp³-hybridized carbons (Fsp3) is 0.364. The topological polar surface area (TPSA) is 57.5 Å². The minimum Gasteiger partial charge on any atom is -0.481 e. The Morgan fingerprint density at radius 2 is 2.14 bits per heavy atom. The molecule has 3 nitrogen and oxygen atoms in total. The number of carbonyl (C=O) groups is 1. The molecule has 2 unspecified atom stereocenters. The summed E-state index contributed by atoms with van der Waals surface area (Å²) in [7, 11) is 0. The molecule has 0 bridgehead atoms. The normalized spacial score (nSPS) is 24.6. The molecule has 0 spiro atoms. The Morgan fingerprint density at radius 1 is 1.43 bits per heavy atom. The lowest BCUT2D eigenvalue weighted by Gasteiger charge is -2.11. The summed E-state index contributed by atoms with van der Waals surface area (Å²) in [6.07, 6.45) is 0.0988.